The maximum Gasteiger partial charge on any atom is 0.308 e. The van der Waals surface area contributed by atoms with Crippen LogP contribution in [-0.2, 0) is 9.59 Å². The smallest absolute Gasteiger partial charge is 0.308 e. The van der Waals surface area contributed by atoms with E-state index in [0.29, 0.717) is 19.3 Å². The Morgan fingerprint density at radius 3 is 2.56 bits per heavy atom. The highest BCUT2D eigenvalue weighted by Gasteiger charge is 2.50. The molecule has 0 aliphatic carbocycles. The second-order valence-electron chi connectivity index (χ2n) is 6.27. The van der Waals surface area contributed by atoms with Gasteiger partial charge in [-0.25, -0.2) is 0 Å². The number of carboxylic acid groups (broad SMARTS) is 1. The first-order valence-electron chi connectivity index (χ1n) is 6.62. The lowest BCUT2D eigenvalue weighted by Crippen LogP contribution is -2.40. The van der Waals surface area contributed by atoms with Crippen LogP contribution in [-0.4, -0.2) is 39.5 Å². The van der Waals surface area contributed by atoms with Crippen molar-refractivity contribution in [2.45, 2.75) is 63.6 Å². The summed E-state index contributed by atoms with van der Waals surface area (Å²) in [6.07, 6.45) is 3.46. The Hall–Kier alpha value is -1.10. The topological polar surface area (TPSA) is 83.6 Å². The Kier molecular flexibility index (Phi) is 3.36. The van der Waals surface area contributed by atoms with Crippen LogP contribution >= 0.6 is 0 Å². The van der Waals surface area contributed by atoms with E-state index in [1.165, 1.54) is 0 Å². The van der Waals surface area contributed by atoms with E-state index in [9.17, 15) is 9.59 Å². The molecule has 2 fully saturated rings. The van der Waals surface area contributed by atoms with Crippen LogP contribution < -0.4 is 5.73 Å². The van der Waals surface area contributed by atoms with Crippen molar-refractivity contribution in [3.63, 3.8) is 0 Å². The van der Waals surface area contributed by atoms with E-state index >= 15 is 0 Å². The third-order valence-corrected chi connectivity index (χ3v) is 4.13. The second kappa shape index (κ2) is 4.53. The van der Waals surface area contributed by atoms with Crippen molar-refractivity contribution in [2.24, 2.45) is 11.7 Å². The normalized spacial score (nSPS) is 30.8. The average molecular weight is 254 g/mol. The molecule has 0 radical (unpaired) electrons. The van der Waals surface area contributed by atoms with Crippen molar-refractivity contribution in [1.29, 1.82) is 0 Å². The van der Waals surface area contributed by atoms with Crippen LogP contribution in [0.4, 0.5) is 0 Å². The van der Waals surface area contributed by atoms with Crippen LogP contribution in [0.3, 0.4) is 0 Å². The summed E-state index contributed by atoms with van der Waals surface area (Å²) in [7, 11) is 0. The van der Waals surface area contributed by atoms with Crippen LogP contribution in [0.25, 0.3) is 0 Å². The fourth-order valence-corrected chi connectivity index (χ4v) is 3.20. The lowest BCUT2D eigenvalue weighted by Gasteiger charge is -2.25. The molecule has 3 unspecified atom stereocenters. The fraction of sp³-hybridized carbons (Fsp3) is 0.846. The van der Waals surface area contributed by atoms with Gasteiger partial charge in [-0.1, -0.05) is 0 Å². The first kappa shape index (κ1) is 13.3. The van der Waals surface area contributed by atoms with Gasteiger partial charge in [0.05, 0.1) is 5.92 Å². The molecule has 5 nitrogen and oxygen atoms in total. The Morgan fingerprint density at radius 2 is 2.06 bits per heavy atom. The number of carboxylic acids is 1. The minimum Gasteiger partial charge on any atom is -0.481 e. The molecule has 3 atom stereocenters. The number of nitrogens with two attached hydrogens (primary N) is 1. The summed E-state index contributed by atoms with van der Waals surface area (Å²) in [5.74, 6) is -1.05. The van der Waals surface area contributed by atoms with Crippen LogP contribution in [0.1, 0.15) is 46.0 Å². The molecule has 0 aromatic rings. The SMILES string of the molecule is CC(C)(N)CCC(=O)N1C2CCC1C(C(=O)O)C2. The second-order valence-corrected chi connectivity index (χ2v) is 6.27. The van der Waals surface area contributed by atoms with E-state index in [1.807, 2.05) is 18.7 Å². The molecule has 2 bridgehead atoms. The number of nitrogens with zero attached hydrogens (tertiary/aromatic N) is 1. The molecule has 1 amide bonds. The summed E-state index contributed by atoms with van der Waals surface area (Å²) in [5.41, 5.74) is 5.53. The highest BCUT2D eigenvalue weighted by molar-refractivity contribution is 5.80. The summed E-state index contributed by atoms with van der Waals surface area (Å²) < 4.78 is 0. The van der Waals surface area contributed by atoms with Gasteiger partial charge in [-0.2, -0.15) is 0 Å². The Labute approximate surface area is 107 Å². The molecule has 0 saturated carbocycles. The summed E-state index contributed by atoms with van der Waals surface area (Å²) in [4.78, 5) is 25.1. The predicted octanol–water partition coefficient (Wildman–Crippen LogP) is 0.968. The number of carbonyl (C=O) groups excluding carboxylic acids is 1. The molecular formula is C13H22N2O3. The average Bonchev–Trinajstić information content (AvgIpc) is 2.81. The van der Waals surface area contributed by atoms with Gasteiger partial charge in [0.25, 0.3) is 0 Å². The fourth-order valence-electron chi connectivity index (χ4n) is 3.20. The molecule has 5 heteroatoms. The number of carbonyl (C=O) groups is 2. The minimum absolute atomic E-state index is 0.0739. The molecule has 0 aromatic heterocycles. The largest absolute Gasteiger partial charge is 0.481 e. The number of aliphatic carboxylic acids is 1. The molecular weight excluding hydrogens is 232 g/mol. The van der Waals surface area contributed by atoms with Crippen molar-refractivity contribution in [2.75, 3.05) is 0 Å². The number of rotatable bonds is 4. The molecule has 3 N–H and O–H groups in total. The zero-order valence-corrected chi connectivity index (χ0v) is 11.1. The molecule has 102 valence electrons. The van der Waals surface area contributed by atoms with Crippen LogP contribution in [0, 0.1) is 5.92 Å². The van der Waals surface area contributed by atoms with Gasteiger partial charge in [-0.3, -0.25) is 9.59 Å². The van der Waals surface area contributed by atoms with Gasteiger partial charge in [0.1, 0.15) is 0 Å². The molecule has 18 heavy (non-hydrogen) atoms. The molecule has 2 rings (SSSR count). The number of hydrogen-bond acceptors (Lipinski definition) is 3. The molecule has 2 aliphatic heterocycles. The third kappa shape index (κ3) is 2.51. The zero-order valence-electron chi connectivity index (χ0n) is 11.1. The lowest BCUT2D eigenvalue weighted by molar-refractivity contribution is -0.143. The van der Waals surface area contributed by atoms with Gasteiger partial charge in [0.15, 0.2) is 0 Å². The van der Waals surface area contributed by atoms with E-state index in [-0.39, 0.29) is 29.4 Å². The highest BCUT2D eigenvalue weighted by Crippen LogP contribution is 2.42. The van der Waals surface area contributed by atoms with Crippen molar-refractivity contribution in [1.82, 2.24) is 4.90 Å². The Morgan fingerprint density at radius 1 is 1.39 bits per heavy atom. The molecule has 2 heterocycles. The first-order valence-corrected chi connectivity index (χ1v) is 6.62. The highest BCUT2D eigenvalue weighted by atomic mass is 16.4. The van der Waals surface area contributed by atoms with Gasteiger partial charge in [-0.15, -0.1) is 0 Å². The van der Waals surface area contributed by atoms with Crippen molar-refractivity contribution in [3.8, 4) is 0 Å². The maximum atomic E-state index is 12.2. The summed E-state index contributed by atoms with van der Waals surface area (Å²) >= 11 is 0. The molecule has 2 aliphatic rings. The summed E-state index contributed by atoms with van der Waals surface area (Å²) in [6.45, 7) is 3.80. The van der Waals surface area contributed by atoms with Gasteiger partial charge < -0.3 is 15.7 Å². The van der Waals surface area contributed by atoms with Crippen molar-refractivity contribution < 1.29 is 14.7 Å². The van der Waals surface area contributed by atoms with E-state index in [2.05, 4.69) is 0 Å². The summed E-state index contributed by atoms with van der Waals surface area (Å²) in [6, 6.07) is 0.0605. The number of amides is 1. The van der Waals surface area contributed by atoms with Crippen molar-refractivity contribution >= 4 is 11.9 Å². The van der Waals surface area contributed by atoms with Crippen LogP contribution in [0.5, 0.6) is 0 Å². The maximum absolute atomic E-state index is 12.2. The standard InChI is InChI=1S/C13H22N2O3/c1-13(2,14)6-5-11(16)15-8-3-4-10(15)9(7-8)12(17)18/h8-10H,3-7,14H2,1-2H3,(H,17,18). The predicted molar refractivity (Wildman–Crippen MR) is 66.9 cm³/mol. The minimum atomic E-state index is -0.765. The lowest BCUT2D eigenvalue weighted by atomic mass is 9.89. The number of fused-ring (bicyclic) bond motifs is 2. The third-order valence-electron chi connectivity index (χ3n) is 4.13. The van der Waals surface area contributed by atoms with Gasteiger partial charge in [0.2, 0.25) is 5.91 Å². The van der Waals surface area contributed by atoms with Crippen LogP contribution in [0.15, 0.2) is 0 Å². The van der Waals surface area contributed by atoms with Crippen LogP contribution in [0.2, 0.25) is 0 Å². The van der Waals surface area contributed by atoms with E-state index in [1.54, 1.807) is 0 Å². The van der Waals surface area contributed by atoms with Gasteiger partial charge in [0, 0.05) is 24.0 Å². The van der Waals surface area contributed by atoms with E-state index < -0.39 is 5.97 Å². The van der Waals surface area contributed by atoms with Crippen molar-refractivity contribution in [3.05, 3.63) is 0 Å². The molecule has 2 saturated heterocycles. The Balaban J connectivity index is 1.98. The van der Waals surface area contributed by atoms with Gasteiger partial charge in [-0.05, 0) is 39.5 Å². The first-order chi connectivity index (χ1) is 8.29. The monoisotopic (exact) mass is 254 g/mol. The quantitative estimate of drug-likeness (QED) is 0.783. The zero-order chi connectivity index (χ0) is 13.5. The molecule has 0 aromatic carbocycles. The Bertz CT molecular complexity index is 362. The van der Waals surface area contributed by atoms with E-state index in [4.69, 9.17) is 10.8 Å². The molecule has 0 spiro atoms. The van der Waals surface area contributed by atoms with Gasteiger partial charge >= 0.3 is 5.97 Å². The number of hydrogen-bond donors (Lipinski definition) is 2. The summed E-state index contributed by atoms with van der Waals surface area (Å²) in [5, 5.41) is 9.14. The van der Waals surface area contributed by atoms with E-state index in [0.717, 1.165) is 12.8 Å².